The number of fused-ring (bicyclic) bond motifs is 3. The second-order valence-corrected chi connectivity index (χ2v) is 6.30. The summed E-state index contributed by atoms with van der Waals surface area (Å²) in [5, 5.41) is 12.0. The van der Waals surface area contributed by atoms with Gasteiger partial charge >= 0.3 is 6.09 Å². The van der Waals surface area contributed by atoms with Gasteiger partial charge in [0.1, 0.15) is 12.6 Å². The van der Waals surface area contributed by atoms with E-state index in [4.69, 9.17) is 4.74 Å². The molecule has 2 N–H and O–H groups in total. The molecule has 5 heteroatoms. The Kier molecular flexibility index (Phi) is 4.86. The van der Waals surface area contributed by atoms with E-state index < -0.39 is 18.2 Å². The van der Waals surface area contributed by atoms with Gasteiger partial charge in [-0.15, -0.1) is 0 Å². The fourth-order valence-corrected chi connectivity index (χ4v) is 3.33. The van der Waals surface area contributed by atoms with Crippen LogP contribution in [0.3, 0.4) is 0 Å². The predicted octanol–water partition coefficient (Wildman–Crippen LogP) is 2.86. The number of hydrogen-bond acceptors (Lipinski definition) is 4. The Hall–Kier alpha value is -2.66. The number of aliphatic hydroxyl groups excluding tert-OH is 1. The number of aliphatic hydroxyl groups is 1. The Bertz CT molecular complexity index is 754. The molecule has 0 bridgehead atoms. The Morgan fingerprint density at radius 3 is 2.08 bits per heavy atom. The van der Waals surface area contributed by atoms with E-state index in [9.17, 15) is 14.7 Å². The first-order chi connectivity index (χ1) is 12.0. The van der Waals surface area contributed by atoms with Crippen LogP contribution in [-0.4, -0.2) is 35.7 Å². The van der Waals surface area contributed by atoms with E-state index in [1.54, 1.807) is 0 Å². The van der Waals surface area contributed by atoms with Crippen molar-refractivity contribution in [3.8, 4) is 11.1 Å². The molecule has 1 aliphatic rings. The van der Waals surface area contributed by atoms with Crippen molar-refractivity contribution in [3.63, 3.8) is 0 Å². The van der Waals surface area contributed by atoms with Crippen LogP contribution in [-0.2, 0) is 9.53 Å². The van der Waals surface area contributed by atoms with Crippen LogP contribution in [0.25, 0.3) is 11.1 Å². The summed E-state index contributed by atoms with van der Waals surface area (Å²) in [5.41, 5.74) is 4.54. The van der Waals surface area contributed by atoms with Crippen molar-refractivity contribution in [2.45, 2.75) is 31.9 Å². The molecule has 0 unspecified atom stereocenters. The molecule has 0 radical (unpaired) electrons. The number of hydrogen-bond donors (Lipinski definition) is 2. The predicted molar refractivity (Wildman–Crippen MR) is 94.4 cm³/mol. The average Bonchev–Trinajstić information content (AvgIpc) is 2.91. The number of alkyl carbamates (subject to hydrolysis) is 1. The van der Waals surface area contributed by atoms with Crippen LogP contribution in [0.2, 0.25) is 0 Å². The molecule has 25 heavy (non-hydrogen) atoms. The second kappa shape index (κ2) is 7.07. The van der Waals surface area contributed by atoms with Gasteiger partial charge in [0.15, 0.2) is 5.78 Å². The van der Waals surface area contributed by atoms with Gasteiger partial charge < -0.3 is 15.2 Å². The monoisotopic (exact) mass is 339 g/mol. The summed E-state index contributed by atoms with van der Waals surface area (Å²) in [5.74, 6) is -0.357. The van der Waals surface area contributed by atoms with Crippen LogP contribution in [0.15, 0.2) is 48.5 Å². The van der Waals surface area contributed by atoms with Crippen molar-refractivity contribution in [2.75, 3.05) is 6.61 Å². The fourth-order valence-electron chi connectivity index (χ4n) is 3.33. The van der Waals surface area contributed by atoms with Crippen molar-refractivity contribution >= 4 is 11.9 Å². The van der Waals surface area contributed by atoms with Gasteiger partial charge in [-0.05, 0) is 36.1 Å². The van der Waals surface area contributed by atoms with Crippen LogP contribution < -0.4 is 5.32 Å². The Balaban J connectivity index is 1.73. The minimum atomic E-state index is -0.974. The number of carbonyl (C=O) groups excluding carboxylic acids is 2. The zero-order valence-electron chi connectivity index (χ0n) is 14.2. The van der Waals surface area contributed by atoms with E-state index in [0.29, 0.717) is 0 Å². The lowest BCUT2D eigenvalue weighted by Gasteiger charge is -2.19. The fraction of sp³-hybridized carbons (Fsp3) is 0.300. The van der Waals surface area contributed by atoms with Crippen molar-refractivity contribution in [2.24, 2.45) is 0 Å². The molecule has 0 saturated carbocycles. The highest BCUT2D eigenvalue weighted by Gasteiger charge is 2.29. The summed E-state index contributed by atoms with van der Waals surface area (Å²) < 4.78 is 5.36. The van der Waals surface area contributed by atoms with Gasteiger partial charge in [-0.25, -0.2) is 4.79 Å². The lowest BCUT2D eigenvalue weighted by atomic mass is 9.98. The highest BCUT2D eigenvalue weighted by molar-refractivity contribution is 5.86. The standard InChI is InChI=1S/C20H21NO4/c1-12(22)19(13(2)23)21-20(24)25-11-18-16-9-5-3-7-14(16)15-8-4-6-10-17(15)18/h3-10,12,18-19,22H,11H2,1-2H3,(H,21,24)/t12-,19-/m0/s1. The number of amides is 1. The van der Waals surface area contributed by atoms with Crippen molar-refractivity contribution < 1.29 is 19.4 Å². The molecule has 2 aromatic carbocycles. The van der Waals surface area contributed by atoms with Gasteiger partial charge in [0.05, 0.1) is 6.10 Å². The van der Waals surface area contributed by atoms with E-state index in [0.717, 1.165) is 22.3 Å². The zero-order chi connectivity index (χ0) is 18.0. The maximum atomic E-state index is 12.0. The van der Waals surface area contributed by atoms with Gasteiger partial charge in [-0.2, -0.15) is 0 Å². The summed E-state index contributed by atoms with van der Waals surface area (Å²) in [6.07, 6.45) is -1.68. The minimum absolute atomic E-state index is 0.0412. The highest BCUT2D eigenvalue weighted by atomic mass is 16.5. The third-order valence-electron chi connectivity index (χ3n) is 4.54. The molecule has 5 nitrogen and oxygen atoms in total. The minimum Gasteiger partial charge on any atom is -0.449 e. The first-order valence-corrected chi connectivity index (χ1v) is 8.29. The molecular weight excluding hydrogens is 318 g/mol. The SMILES string of the molecule is CC(=O)[C@@H](NC(=O)OCC1c2ccccc2-c2ccccc21)[C@H](C)O. The number of Topliss-reactive ketones (excluding diaryl/α,β-unsaturated/α-hetero) is 1. The van der Waals surface area contributed by atoms with Gasteiger partial charge in [-0.3, -0.25) is 4.79 Å². The number of ketones is 1. The average molecular weight is 339 g/mol. The highest BCUT2D eigenvalue weighted by Crippen LogP contribution is 2.44. The topological polar surface area (TPSA) is 75.6 Å². The number of ether oxygens (including phenoxy) is 1. The van der Waals surface area contributed by atoms with Crippen LogP contribution in [0.4, 0.5) is 4.79 Å². The number of carbonyl (C=O) groups is 2. The van der Waals surface area contributed by atoms with Crippen LogP contribution in [0, 0.1) is 0 Å². The first-order valence-electron chi connectivity index (χ1n) is 8.29. The summed E-state index contributed by atoms with van der Waals surface area (Å²) in [6.45, 7) is 2.95. The maximum absolute atomic E-state index is 12.0. The summed E-state index contributed by atoms with van der Waals surface area (Å²) in [4.78, 5) is 23.5. The second-order valence-electron chi connectivity index (χ2n) is 6.30. The van der Waals surface area contributed by atoms with Crippen molar-refractivity contribution in [1.82, 2.24) is 5.32 Å². The summed E-state index contributed by atoms with van der Waals surface area (Å²) in [6, 6.07) is 15.2. The lowest BCUT2D eigenvalue weighted by molar-refractivity contribution is -0.121. The quantitative estimate of drug-likeness (QED) is 0.878. The molecule has 0 fully saturated rings. The maximum Gasteiger partial charge on any atom is 0.407 e. The van der Waals surface area contributed by atoms with E-state index in [2.05, 4.69) is 17.4 Å². The molecule has 3 rings (SSSR count). The third kappa shape index (κ3) is 3.42. The van der Waals surface area contributed by atoms with Crippen molar-refractivity contribution in [1.29, 1.82) is 0 Å². The molecule has 1 amide bonds. The lowest BCUT2D eigenvalue weighted by Crippen LogP contribution is -2.47. The molecule has 0 aromatic heterocycles. The van der Waals surface area contributed by atoms with Crippen LogP contribution in [0.1, 0.15) is 30.9 Å². The third-order valence-corrected chi connectivity index (χ3v) is 4.54. The molecule has 2 aromatic rings. The van der Waals surface area contributed by atoms with E-state index >= 15 is 0 Å². The molecule has 2 atom stereocenters. The molecule has 0 spiro atoms. The Labute approximate surface area is 146 Å². The van der Waals surface area contributed by atoms with E-state index in [-0.39, 0.29) is 18.3 Å². The van der Waals surface area contributed by atoms with Gasteiger partial charge in [0.25, 0.3) is 0 Å². The van der Waals surface area contributed by atoms with Gasteiger partial charge in [-0.1, -0.05) is 48.5 Å². The molecular formula is C20H21NO4. The van der Waals surface area contributed by atoms with Gasteiger partial charge in [0, 0.05) is 5.92 Å². The number of benzene rings is 2. The Morgan fingerprint density at radius 2 is 1.60 bits per heavy atom. The van der Waals surface area contributed by atoms with Gasteiger partial charge in [0.2, 0.25) is 0 Å². The summed E-state index contributed by atoms with van der Waals surface area (Å²) >= 11 is 0. The van der Waals surface area contributed by atoms with E-state index in [1.165, 1.54) is 13.8 Å². The smallest absolute Gasteiger partial charge is 0.407 e. The molecule has 130 valence electrons. The largest absolute Gasteiger partial charge is 0.449 e. The molecule has 0 heterocycles. The molecule has 0 saturated heterocycles. The van der Waals surface area contributed by atoms with E-state index in [1.807, 2.05) is 36.4 Å². The number of rotatable bonds is 5. The zero-order valence-corrected chi connectivity index (χ0v) is 14.2. The summed E-state index contributed by atoms with van der Waals surface area (Å²) in [7, 11) is 0. The number of nitrogens with one attached hydrogen (secondary N) is 1. The van der Waals surface area contributed by atoms with Crippen molar-refractivity contribution in [3.05, 3.63) is 59.7 Å². The van der Waals surface area contributed by atoms with Crippen LogP contribution >= 0.6 is 0 Å². The normalized spacial score (nSPS) is 15.0. The first kappa shape index (κ1) is 17.2. The molecule has 0 aliphatic heterocycles. The van der Waals surface area contributed by atoms with Crippen LogP contribution in [0.5, 0.6) is 0 Å². The molecule has 1 aliphatic carbocycles. The Morgan fingerprint density at radius 1 is 1.08 bits per heavy atom.